The lowest BCUT2D eigenvalue weighted by atomic mass is 9.85. The predicted octanol–water partition coefficient (Wildman–Crippen LogP) is 5.70. The molecule has 1 aliphatic rings. The summed E-state index contributed by atoms with van der Waals surface area (Å²) in [4.78, 5) is 12.6. The molecule has 4 heteroatoms. The number of aromatic hydroxyl groups is 1. The molecule has 3 rings (SSSR count). The monoisotopic (exact) mass is 380 g/mol. The van der Waals surface area contributed by atoms with Crippen LogP contribution in [0.5, 0.6) is 11.5 Å². The molecule has 148 valence electrons. The van der Waals surface area contributed by atoms with Crippen LogP contribution in [0.2, 0.25) is 0 Å². The molecule has 0 aliphatic carbocycles. The molecular weight excluding hydrogens is 352 g/mol. The number of ketones is 1. The van der Waals surface area contributed by atoms with Gasteiger partial charge in [-0.25, -0.2) is 0 Å². The molecule has 0 fully saturated rings. The molecule has 1 heterocycles. The van der Waals surface area contributed by atoms with Gasteiger partial charge in [0, 0.05) is 0 Å². The van der Waals surface area contributed by atoms with Crippen molar-refractivity contribution >= 4 is 5.78 Å². The largest absolute Gasteiger partial charge is 0.515 e. The summed E-state index contributed by atoms with van der Waals surface area (Å²) in [5.74, 6) is 0.132. The SMILES string of the molecule is CC(CCCCc1ccccc1)c1cc(O)c2c(c1)OC(C)(C)/C(=C\O)C2=O. The van der Waals surface area contributed by atoms with E-state index in [9.17, 15) is 15.0 Å². The Bertz CT molecular complexity index is 881. The van der Waals surface area contributed by atoms with Gasteiger partial charge in [-0.05, 0) is 62.3 Å². The van der Waals surface area contributed by atoms with Crippen LogP contribution in [0, 0.1) is 0 Å². The lowest BCUT2D eigenvalue weighted by Crippen LogP contribution is -2.39. The number of aliphatic hydroxyl groups excluding tert-OH is 1. The second-order valence-corrected chi connectivity index (χ2v) is 8.03. The molecule has 0 aromatic heterocycles. The highest BCUT2D eigenvalue weighted by Crippen LogP contribution is 2.43. The molecule has 0 saturated heterocycles. The van der Waals surface area contributed by atoms with E-state index >= 15 is 0 Å². The molecule has 1 aliphatic heterocycles. The fourth-order valence-corrected chi connectivity index (χ4v) is 3.76. The van der Waals surface area contributed by atoms with Gasteiger partial charge in [-0.1, -0.05) is 43.7 Å². The summed E-state index contributed by atoms with van der Waals surface area (Å²) in [6.45, 7) is 5.58. The minimum atomic E-state index is -0.942. The summed E-state index contributed by atoms with van der Waals surface area (Å²) in [6.07, 6.45) is 5.01. The number of carbonyl (C=O) groups is 1. The van der Waals surface area contributed by atoms with E-state index in [0.29, 0.717) is 5.75 Å². The average Bonchev–Trinajstić information content (AvgIpc) is 2.64. The van der Waals surface area contributed by atoms with Gasteiger partial charge in [-0.3, -0.25) is 4.79 Å². The first-order valence-electron chi connectivity index (χ1n) is 9.83. The second-order valence-electron chi connectivity index (χ2n) is 8.03. The number of rotatable bonds is 6. The van der Waals surface area contributed by atoms with Crippen LogP contribution >= 0.6 is 0 Å². The van der Waals surface area contributed by atoms with Gasteiger partial charge < -0.3 is 14.9 Å². The van der Waals surface area contributed by atoms with Crippen molar-refractivity contribution in [1.29, 1.82) is 0 Å². The maximum absolute atomic E-state index is 12.6. The number of phenolic OH excluding ortho intramolecular Hbond substituents is 1. The van der Waals surface area contributed by atoms with E-state index in [1.165, 1.54) is 5.56 Å². The Balaban J connectivity index is 1.70. The highest BCUT2D eigenvalue weighted by atomic mass is 16.5. The lowest BCUT2D eigenvalue weighted by Gasteiger charge is -2.34. The third-order valence-electron chi connectivity index (χ3n) is 5.48. The van der Waals surface area contributed by atoms with Crippen molar-refractivity contribution in [3.8, 4) is 11.5 Å². The Morgan fingerprint density at radius 3 is 2.54 bits per heavy atom. The molecule has 2 aromatic rings. The Kier molecular flexibility index (Phi) is 5.78. The van der Waals surface area contributed by atoms with Crippen LogP contribution in [0.4, 0.5) is 0 Å². The number of Topliss-reactive ketones (excluding diaryl/α,β-unsaturated/α-hetero) is 1. The van der Waals surface area contributed by atoms with Crippen LogP contribution in [0.15, 0.2) is 54.3 Å². The number of hydrogen-bond donors (Lipinski definition) is 2. The molecule has 0 spiro atoms. The van der Waals surface area contributed by atoms with Gasteiger partial charge in [0.15, 0.2) is 0 Å². The second kappa shape index (κ2) is 8.09. The molecule has 28 heavy (non-hydrogen) atoms. The summed E-state index contributed by atoms with van der Waals surface area (Å²) in [6, 6.07) is 14.0. The first kappa shape index (κ1) is 20.0. The maximum Gasteiger partial charge on any atom is 0.203 e. The number of hydrogen-bond acceptors (Lipinski definition) is 4. The number of aliphatic hydroxyl groups is 1. The van der Waals surface area contributed by atoms with Crippen LogP contribution in [0.1, 0.15) is 67.4 Å². The van der Waals surface area contributed by atoms with Crippen molar-refractivity contribution < 1.29 is 19.7 Å². The zero-order valence-electron chi connectivity index (χ0n) is 16.7. The molecule has 2 aromatic carbocycles. The molecule has 0 amide bonds. The zero-order valence-corrected chi connectivity index (χ0v) is 16.7. The Morgan fingerprint density at radius 2 is 1.86 bits per heavy atom. The van der Waals surface area contributed by atoms with Gasteiger partial charge in [-0.2, -0.15) is 0 Å². The first-order chi connectivity index (χ1) is 13.3. The van der Waals surface area contributed by atoms with Gasteiger partial charge >= 0.3 is 0 Å². The van der Waals surface area contributed by atoms with E-state index in [-0.39, 0.29) is 22.8 Å². The minimum absolute atomic E-state index is 0.0940. The third kappa shape index (κ3) is 4.06. The highest BCUT2D eigenvalue weighted by Gasteiger charge is 2.40. The van der Waals surface area contributed by atoms with Crippen molar-refractivity contribution in [2.45, 2.75) is 58.0 Å². The number of aryl methyl sites for hydroxylation is 1. The molecule has 0 saturated carbocycles. The van der Waals surface area contributed by atoms with Crippen molar-refractivity contribution in [2.75, 3.05) is 0 Å². The van der Waals surface area contributed by atoms with Crippen molar-refractivity contribution in [3.63, 3.8) is 0 Å². The third-order valence-corrected chi connectivity index (χ3v) is 5.48. The Hall–Kier alpha value is -2.75. The van der Waals surface area contributed by atoms with Crippen LogP contribution in [0.25, 0.3) is 0 Å². The number of ether oxygens (including phenoxy) is 1. The van der Waals surface area contributed by atoms with Gasteiger partial charge in [0.05, 0.1) is 11.8 Å². The van der Waals surface area contributed by atoms with Crippen LogP contribution in [-0.4, -0.2) is 21.6 Å². The zero-order chi connectivity index (χ0) is 20.3. The molecular formula is C24H28O4. The molecule has 0 radical (unpaired) electrons. The summed E-state index contributed by atoms with van der Waals surface area (Å²) < 4.78 is 5.94. The van der Waals surface area contributed by atoms with E-state index < -0.39 is 11.4 Å². The predicted molar refractivity (Wildman–Crippen MR) is 110 cm³/mol. The average molecular weight is 380 g/mol. The van der Waals surface area contributed by atoms with E-state index in [0.717, 1.165) is 37.5 Å². The van der Waals surface area contributed by atoms with E-state index in [2.05, 4.69) is 31.2 Å². The minimum Gasteiger partial charge on any atom is -0.515 e. The number of unbranched alkanes of at least 4 members (excludes halogenated alkanes) is 1. The number of benzene rings is 2. The number of fused-ring (bicyclic) bond motifs is 1. The molecule has 1 atom stereocenters. The number of carbonyl (C=O) groups excluding carboxylic acids is 1. The van der Waals surface area contributed by atoms with Crippen molar-refractivity contribution in [3.05, 3.63) is 71.0 Å². The fourth-order valence-electron chi connectivity index (χ4n) is 3.76. The Morgan fingerprint density at radius 1 is 1.14 bits per heavy atom. The van der Waals surface area contributed by atoms with Crippen molar-refractivity contribution in [2.24, 2.45) is 0 Å². The molecule has 0 bridgehead atoms. The van der Waals surface area contributed by atoms with Gasteiger partial charge in [-0.15, -0.1) is 0 Å². The summed E-state index contributed by atoms with van der Waals surface area (Å²) in [5.41, 5.74) is 1.62. The molecule has 1 unspecified atom stereocenters. The first-order valence-corrected chi connectivity index (χ1v) is 9.83. The van der Waals surface area contributed by atoms with Crippen LogP contribution < -0.4 is 4.74 Å². The summed E-state index contributed by atoms with van der Waals surface area (Å²) in [5, 5.41) is 19.9. The van der Waals surface area contributed by atoms with Crippen LogP contribution in [0.3, 0.4) is 0 Å². The number of phenols is 1. The van der Waals surface area contributed by atoms with Gasteiger partial charge in [0.2, 0.25) is 5.78 Å². The van der Waals surface area contributed by atoms with E-state index in [4.69, 9.17) is 4.74 Å². The summed E-state index contributed by atoms with van der Waals surface area (Å²) in [7, 11) is 0. The Labute approximate surface area is 166 Å². The quantitative estimate of drug-likeness (QED) is 0.383. The maximum atomic E-state index is 12.6. The normalized spacial score (nSPS) is 17.8. The topological polar surface area (TPSA) is 66.8 Å². The summed E-state index contributed by atoms with van der Waals surface area (Å²) >= 11 is 0. The molecule has 4 nitrogen and oxygen atoms in total. The molecule has 2 N–H and O–H groups in total. The highest BCUT2D eigenvalue weighted by molar-refractivity contribution is 6.14. The van der Waals surface area contributed by atoms with E-state index in [1.54, 1.807) is 19.9 Å². The smallest absolute Gasteiger partial charge is 0.203 e. The van der Waals surface area contributed by atoms with Crippen molar-refractivity contribution in [1.82, 2.24) is 0 Å². The van der Waals surface area contributed by atoms with Crippen LogP contribution in [-0.2, 0) is 6.42 Å². The lowest BCUT2D eigenvalue weighted by molar-refractivity contribution is 0.0838. The van der Waals surface area contributed by atoms with E-state index in [1.807, 2.05) is 12.1 Å². The standard InChI is InChI=1S/C24H28O4/c1-16(9-7-8-12-17-10-5-4-6-11-17)18-13-20(26)22-21(14-18)28-24(2,3)19(15-25)23(22)27/h4-6,10-11,13-16,25-26H,7-9,12H2,1-3H3/b19-15-. The fraction of sp³-hybridized carbons (Fsp3) is 0.375. The van der Waals surface area contributed by atoms with Gasteiger partial charge in [0.25, 0.3) is 0 Å². The van der Waals surface area contributed by atoms with Gasteiger partial charge in [0.1, 0.15) is 22.7 Å².